The van der Waals surface area contributed by atoms with Gasteiger partial charge >= 0.3 is 0 Å². The molecular formula is C22H16N8OS. The van der Waals surface area contributed by atoms with Crippen LogP contribution in [0.3, 0.4) is 0 Å². The predicted molar refractivity (Wildman–Crippen MR) is 120 cm³/mol. The minimum atomic E-state index is 0.548. The first-order chi connectivity index (χ1) is 15.8. The van der Waals surface area contributed by atoms with E-state index in [-0.39, 0.29) is 0 Å². The highest BCUT2D eigenvalue weighted by molar-refractivity contribution is 7.99. The number of hydrogen-bond acceptors (Lipinski definition) is 8. The van der Waals surface area contributed by atoms with Crippen molar-refractivity contribution in [2.45, 2.75) is 12.1 Å². The van der Waals surface area contributed by atoms with Crippen LogP contribution in [-0.2, 0) is 0 Å². The monoisotopic (exact) mass is 440 g/mol. The minimum Gasteiger partial charge on any atom is -0.360 e. The Balaban J connectivity index is 1.44. The van der Waals surface area contributed by atoms with E-state index < -0.39 is 0 Å². The highest BCUT2D eigenvalue weighted by Gasteiger charge is 2.27. The number of aryl methyl sites for hydroxylation is 1. The molecule has 1 aliphatic heterocycles. The van der Waals surface area contributed by atoms with Crippen molar-refractivity contribution in [3.05, 3.63) is 78.2 Å². The zero-order valence-corrected chi connectivity index (χ0v) is 17.8. The smallest absolute Gasteiger partial charge is 0.212 e. The molecule has 5 aromatic rings. The Hall–Kier alpha value is -4.05. The lowest BCUT2D eigenvalue weighted by Crippen LogP contribution is -2.13. The molecule has 10 heteroatoms. The molecule has 0 amide bonds. The van der Waals surface area contributed by atoms with Gasteiger partial charge in [-0.1, -0.05) is 65.4 Å². The highest BCUT2D eigenvalue weighted by Crippen LogP contribution is 2.35. The first-order valence-electron chi connectivity index (χ1n) is 9.94. The summed E-state index contributed by atoms with van der Waals surface area (Å²) in [6.07, 6.45) is 1.66. The fraction of sp³-hybridized carbons (Fsp3) is 0.0909. The molecule has 0 aliphatic carbocycles. The van der Waals surface area contributed by atoms with Crippen LogP contribution in [0.25, 0.3) is 28.5 Å². The highest BCUT2D eigenvalue weighted by atomic mass is 32.2. The quantitative estimate of drug-likeness (QED) is 0.418. The van der Waals surface area contributed by atoms with Gasteiger partial charge in [-0.25, -0.2) is 0 Å². The summed E-state index contributed by atoms with van der Waals surface area (Å²) in [4.78, 5) is 1.56. The molecule has 0 unspecified atom stereocenters. The number of para-hydroxylation sites is 1. The van der Waals surface area contributed by atoms with Gasteiger partial charge in [0.25, 0.3) is 0 Å². The van der Waals surface area contributed by atoms with Crippen molar-refractivity contribution in [2.75, 3.05) is 5.75 Å². The molecule has 0 fully saturated rings. The van der Waals surface area contributed by atoms with Gasteiger partial charge in [-0.05, 0) is 24.6 Å². The molecule has 0 saturated carbocycles. The molecule has 2 aromatic carbocycles. The van der Waals surface area contributed by atoms with Crippen molar-refractivity contribution in [1.82, 2.24) is 35.0 Å². The summed E-state index contributed by atoms with van der Waals surface area (Å²) in [6.45, 7) is 1.84. The number of nitrogens with zero attached hydrogens (tertiary/aromatic N) is 8. The third kappa shape index (κ3) is 3.12. The lowest BCUT2D eigenvalue weighted by atomic mass is 10.1. The summed E-state index contributed by atoms with van der Waals surface area (Å²) in [6, 6.07) is 19.8. The van der Waals surface area contributed by atoms with Crippen LogP contribution in [0, 0.1) is 6.92 Å². The lowest BCUT2D eigenvalue weighted by molar-refractivity contribution is 0.400. The van der Waals surface area contributed by atoms with E-state index in [4.69, 9.17) is 9.62 Å². The molecule has 156 valence electrons. The standard InChI is InChI=1S/C22H16N8OS/c1-14-19(20(28-31-14)17-12-23-30(27-17)16-10-6-3-7-11-16)21-24-25-22-29(21)26-18(13-32-22)15-8-4-2-5-9-15/h2-12H,13H2,1H3. The molecule has 4 heterocycles. The maximum atomic E-state index is 5.53. The summed E-state index contributed by atoms with van der Waals surface area (Å²) in [5.74, 6) is 1.89. The topological polar surface area (TPSA) is 99.8 Å². The van der Waals surface area contributed by atoms with Crippen molar-refractivity contribution in [2.24, 2.45) is 5.10 Å². The first-order valence-corrected chi connectivity index (χ1v) is 10.9. The van der Waals surface area contributed by atoms with E-state index in [0.717, 1.165) is 27.9 Å². The van der Waals surface area contributed by atoms with Crippen LogP contribution in [0.4, 0.5) is 0 Å². The van der Waals surface area contributed by atoms with Crippen LogP contribution in [-0.4, -0.2) is 46.5 Å². The van der Waals surface area contributed by atoms with Gasteiger partial charge in [-0.15, -0.1) is 15.3 Å². The first kappa shape index (κ1) is 18.7. The fourth-order valence-corrected chi connectivity index (χ4v) is 4.36. The number of aromatic nitrogens is 7. The van der Waals surface area contributed by atoms with E-state index >= 15 is 0 Å². The molecule has 0 saturated heterocycles. The molecule has 6 rings (SSSR count). The molecule has 9 nitrogen and oxygen atoms in total. The molecule has 0 spiro atoms. The molecule has 0 radical (unpaired) electrons. The number of fused-ring (bicyclic) bond motifs is 1. The van der Waals surface area contributed by atoms with Crippen LogP contribution in [0.1, 0.15) is 11.3 Å². The van der Waals surface area contributed by atoms with Crippen LogP contribution in [0.2, 0.25) is 0 Å². The Morgan fingerprint density at radius 2 is 1.75 bits per heavy atom. The molecule has 1 aliphatic rings. The summed E-state index contributed by atoms with van der Waals surface area (Å²) in [5.41, 5.74) is 4.70. The van der Waals surface area contributed by atoms with E-state index in [9.17, 15) is 0 Å². The lowest BCUT2D eigenvalue weighted by Gasteiger charge is -2.13. The van der Waals surface area contributed by atoms with E-state index in [1.165, 1.54) is 0 Å². The average molecular weight is 440 g/mol. The average Bonchev–Trinajstić information content (AvgIpc) is 3.58. The number of hydrogen-bond donors (Lipinski definition) is 0. The Bertz CT molecular complexity index is 1440. The number of rotatable bonds is 4. The van der Waals surface area contributed by atoms with Crippen LogP contribution >= 0.6 is 11.8 Å². The summed E-state index contributed by atoms with van der Waals surface area (Å²) in [5, 5.41) is 27.5. The van der Waals surface area contributed by atoms with E-state index in [2.05, 4.69) is 25.6 Å². The van der Waals surface area contributed by atoms with Crippen LogP contribution in [0.15, 0.2) is 81.6 Å². The third-order valence-electron chi connectivity index (χ3n) is 5.09. The Morgan fingerprint density at radius 3 is 2.56 bits per heavy atom. The Morgan fingerprint density at radius 1 is 0.969 bits per heavy atom. The Kier molecular flexibility index (Phi) is 4.43. The van der Waals surface area contributed by atoms with Gasteiger partial charge in [0, 0.05) is 5.75 Å². The van der Waals surface area contributed by atoms with Gasteiger partial charge < -0.3 is 4.52 Å². The van der Waals surface area contributed by atoms with Gasteiger partial charge in [-0.2, -0.15) is 19.7 Å². The van der Waals surface area contributed by atoms with Crippen molar-refractivity contribution in [3.63, 3.8) is 0 Å². The van der Waals surface area contributed by atoms with Crippen molar-refractivity contribution >= 4 is 17.5 Å². The van der Waals surface area contributed by atoms with Crippen molar-refractivity contribution < 1.29 is 4.52 Å². The summed E-state index contributed by atoms with van der Waals surface area (Å²) >= 11 is 1.59. The van der Waals surface area contributed by atoms with Gasteiger partial charge in [0.2, 0.25) is 5.16 Å². The molecule has 0 N–H and O–H groups in total. The zero-order chi connectivity index (χ0) is 21.5. The molecule has 3 aromatic heterocycles. The Labute approximate surface area is 186 Å². The fourth-order valence-electron chi connectivity index (χ4n) is 3.52. The van der Waals surface area contributed by atoms with E-state index in [1.807, 2.05) is 67.6 Å². The number of thioether (sulfide) groups is 1. The predicted octanol–water partition coefficient (Wildman–Crippen LogP) is 3.85. The largest absolute Gasteiger partial charge is 0.360 e. The van der Waals surface area contributed by atoms with Crippen LogP contribution < -0.4 is 0 Å². The summed E-state index contributed by atoms with van der Waals surface area (Å²) < 4.78 is 7.28. The second-order valence-corrected chi connectivity index (χ2v) is 8.08. The molecule has 32 heavy (non-hydrogen) atoms. The van der Waals surface area contributed by atoms with Crippen molar-refractivity contribution in [3.8, 4) is 28.5 Å². The maximum absolute atomic E-state index is 5.53. The number of benzene rings is 2. The second-order valence-electron chi connectivity index (χ2n) is 7.14. The van der Waals surface area contributed by atoms with E-state index in [0.29, 0.717) is 28.5 Å². The molecular weight excluding hydrogens is 424 g/mol. The van der Waals surface area contributed by atoms with Crippen molar-refractivity contribution in [1.29, 1.82) is 0 Å². The van der Waals surface area contributed by atoms with E-state index in [1.54, 1.807) is 27.4 Å². The van der Waals surface area contributed by atoms with Gasteiger partial charge in [0.05, 0.1) is 23.2 Å². The second kappa shape index (κ2) is 7.57. The molecule has 0 atom stereocenters. The third-order valence-corrected chi connectivity index (χ3v) is 6.02. The summed E-state index contributed by atoms with van der Waals surface area (Å²) in [7, 11) is 0. The van der Waals surface area contributed by atoms with Gasteiger partial charge in [0.15, 0.2) is 5.82 Å². The zero-order valence-electron chi connectivity index (χ0n) is 17.0. The van der Waals surface area contributed by atoms with Gasteiger partial charge in [0.1, 0.15) is 17.1 Å². The molecule has 0 bridgehead atoms. The maximum Gasteiger partial charge on any atom is 0.212 e. The van der Waals surface area contributed by atoms with Crippen LogP contribution in [0.5, 0.6) is 0 Å². The SMILES string of the molecule is Cc1onc(-c2cnn(-c3ccccc3)n2)c1-c1nnc2n1N=C(c1ccccc1)CS2. The van der Waals surface area contributed by atoms with Gasteiger partial charge in [-0.3, -0.25) is 0 Å². The minimum absolute atomic E-state index is 0.548. The normalized spacial score (nSPS) is 13.1.